The summed E-state index contributed by atoms with van der Waals surface area (Å²) in [4.78, 5) is 15.8. The van der Waals surface area contributed by atoms with E-state index >= 15 is 0 Å². The lowest BCUT2D eigenvalue weighted by atomic mass is 9.96. The number of hydrogen-bond donors (Lipinski definition) is 2. The van der Waals surface area contributed by atoms with E-state index in [1.807, 2.05) is 12.1 Å². The van der Waals surface area contributed by atoms with Crippen LogP contribution in [0.25, 0.3) is 0 Å². The molecule has 0 spiro atoms. The van der Waals surface area contributed by atoms with Crippen molar-refractivity contribution in [3.05, 3.63) is 24.4 Å². The second-order valence-corrected chi connectivity index (χ2v) is 4.18. The van der Waals surface area contributed by atoms with Gasteiger partial charge in [-0.05, 0) is 44.0 Å². The molecule has 1 atom stereocenters. The van der Waals surface area contributed by atoms with Gasteiger partial charge in [-0.25, -0.2) is 4.98 Å². The van der Waals surface area contributed by atoms with Crippen LogP contribution in [0.4, 0.5) is 5.82 Å². The summed E-state index contributed by atoms with van der Waals surface area (Å²) >= 11 is 0. The molecule has 1 aliphatic rings. The number of carbonyl (C=O) groups is 1. The Morgan fingerprint density at radius 1 is 1.56 bits per heavy atom. The molecule has 1 aromatic heterocycles. The van der Waals surface area contributed by atoms with Gasteiger partial charge in [0.05, 0.1) is 0 Å². The van der Waals surface area contributed by atoms with Crippen LogP contribution >= 0.6 is 0 Å². The van der Waals surface area contributed by atoms with E-state index in [4.69, 9.17) is 0 Å². The van der Waals surface area contributed by atoms with Crippen LogP contribution in [0.5, 0.6) is 0 Å². The molecule has 4 heteroatoms. The van der Waals surface area contributed by atoms with E-state index < -0.39 is 0 Å². The van der Waals surface area contributed by atoms with Crippen LogP contribution in [-0.2, 0) is 4.79 Å². The lowest BCUT2D eigenvalue weighted by Gasteiger charge is -2.21. The Kier molecular flexibility index (Phi) is 3.88. The minimum Gasteiger partial charge on any atom is -0.316 e. The number of nitrogens with one attached hydrogen (secondary N) is 2. The highest BCUT2D eigenvalue weighted by atomic mass is 16.1. The number of hydrogen-bond acceptors (Lipinski definition) is 3. The Balaban J connectivity index is 1.80. The van der Waals surface area contributed by atoms with Gasteiger partial charge in [-0.3, -0.25) is 4.79 Å². The normalized spacial score (nSPS) is 20.4. The van der Waals surface area contributed by atoms with Crippen molar-refractivity contribution in [2.45, 2.75) is 19.3 Å². The fourth-order valence-electron chi connectivity index (χ4n) is 1.99. The second kappa shape index (κ2) is 5.61. The van der Waals surface area contributed by atoms with Crippen molar-refractivity contribution in [1.82, 2.24) is 10.3 Å². The average molecular weight is 219 g/mol. The zero-order valence-electron chi connectivity index (χ0n) is 9.28. The van der Waals surface area contributed by atoms with E-state index in [0.29, 0.717) is 18.2 Å². The van der Waals surface area contributed by atoms with Crippen LogP contribution < -0.4 is 10.6 Å². The van der Waals surface area contributed by atoms with Crippen molar-refractivity contribution in [1.29, 1.82) is 0 Å². The Morgan fingerprint density at radius 2 is 2.50 bits per heavy atom. The third-order valence-corrected chi connectivity index (χ3v) is 2.81. The zero-order valence-corrected chi connectivity index (χ0v) is 9.28. The van der Waals surface area contributed by atoms with Crippen molar-refractivity contribution in [2.75, 3.05) is 18.4 Å². The van der Waals surface area contributed by atoms with E-state index in [-0.39, 0.29) is 5.91 Å². The molecule has 2 N–H and O–H groups in total. The van der Waals surface area contributed by atoms with E-state index in [9.17, 15) is 4.79 Å². The molecular formula is C12H17N3O. The molecular weight excluding hydrogens is 202 g/mol. The number of amides is 1. The molecule has 0 bridgehead atoms. The van der Waals surface area contributed by atoms with Crippen LogP contribution in [0, 0.1) is 5.92 Å². The largest absolute Gasteiger partial charge is 0.316 e. The Morgan fingerprint density at radius 3 is 3.19 bits per heavy atom. The second-order valence-electron chi connectivity index (χ2n) is 4.18. The van der Waals surface area contributed by atoms with Gasteiger partial charge in [0.1, 0.15) is 5.82 Å². The quantitative estimate of drug-likeness (QED) is 0.808. The molecule has 2 rings (SSSR count). The maximum Gasteiger partial charge on any atom is 0.225 e. The number of piperidine rings is 1. The molecule has 1 fully saturated rings. The number of rotatable bonds is 3. The molecule has 1 aliphatic heterocycles. The summed E-state index contributed by atoms with van der Waals surface area (Å²) in [5.41, 5.74) is 0. The van der Waals surface area contributed by atoms with Crippen LogP contribution in [0.15, 0.2) is 24.4 Å². The first kappa shape index (κ1) is 11.1. The van der Waals surface area contributed by atoms with Gasteiger partial charge in [-0.2, -0.15) is 0 Å². The van der Waals surface area contributed by atoms with Gasteiger partial charge < -0.3 is 10.6 Å². The molecule has 0 aliphatic carbocycles. The maximum absolute atomic E-state index is 11.7. The molecule has 0 saturated carbocycles. The lowest BCUT2D eigenvalue weighted by Crippen LogP contribution is -2.32. The Hall–Kier alpha value is -1.42. The van der Waals surface area contributed by atoms with Crippen LogP contribution in [0.3, 0.4) is 0 Å². The number of aromatic nitrogens is 1. The van der Waals surface area contributed by atoms with Crippen molar-refractivity contribution in [3.63, 3.8) is 0 Å². The monoisotopic (exact) mass is 219 g/mol. The molecule has 1 amide bonds. The van der Waals surface area contributed by atoms with Crippen molar-refractivity contribution >= 4 is 11.7 Å². The molecule has 0 radical (unpaired) electrons. The minimum atomic E-state index is 0.0624. The maximum atomic E-state index is 11.7. The first-order valence-electron chi connectivity index (χ1n) is 5.76. The zero-order chi connectivity index (χ0) is 11.2. The van der Waals surface area contributed by atoms with Crippen molar-refractivity contribution in [3.8, 4) is 0 Å². The van der Waals surface area contributed by atoms with Crippen LogP contribution in [0.1, 0.15) is 19.3 Å². The summed E-state index contributed by atoms with van der Waals surface area (Å²) in [5, 5.41) is 6.12. The summed E-state index contributed by atoms with van der Waals surface area (Å²) in [6, 6.07) is 5.50. The molecule has 1 unspecified atom stereocenters. The summed E-state index contributed by atoms with van der Waals surface area (Å²) < 4.78 is 0. The molecule has 2 heterocycles. The summed E-state index contributed by atoms with van der Waals surface area (Å²) in [6.07, 6.45) is 4.57. The van der Waals surface area contributed by atoms with Gasteiger partial charge in [0, 0.05) is 12.6 Å². The number of nitrogens with zero attached hydrogens (tertiary/aromatic N) is 1. The van der Waals surface area contributed by atoms with Gasteiger partial charge in [-0.1, -0.05) is 6.07 Å². The molecule has 0 aromatic carbocycles. The summed E-state index contributed by atoms with van der Waals surface area (Å²) in [5.74, 6) is 1.17. The highest BCUT2D eigenvalue weighted by Crippen LogP contribution is 2.14. The average Bonchev–Trinajstić information content (AvgIpc) is 2.31. The predicted molar refractivity (Wildman–Crippen MR) is 63.1 cm³/mol. The highest BCUT2D eigenvalue weighted by molar-refractivity contribution is 5.89. The van der Waals surface area contributed by atoms with Gasteiger partial charge in [0.25, 0.3) is 0 Å². The topological polar surface area (TPSA) is 54.0 Å². The van der Waals surface area contributed by atoms with E-state index in [1.54, 1.807) is 12.3 Å². The van der Waals surface area contributed by atoms with Gasteiger partial charge >= 0.3 is 0 Å². The van der Waals surface area contributed by atoms with Gasteiger partial charge in [0.15, 0.2) is 0 Å². The van der Waals surface area contributed by atoms with Crippen molar-refractivity contribution < 1.29 is 4.79 Å². The SMILES string of the molecule is O=C(CC1CCCNC1)Nc1ccccn1. The smallest absolute Gasteiger partial charge is 0.225 e. The first-order valence-corrected chi connectivity index (χ1v) is 5.76. The molecule has 1 saturated heterocycles. The molecule has 1 aromatic rings. The third kappa shape index (κ3) is 3.31. The minimum absolute atomic E-state index is 0.0624. The predicted octanol–water partition coefficient (Wildman–Crippen LogP) is 1.41. The van der Waals surface area contributed by atoms with Gasteiger partial charge in [-0.15, -0.1) is 0 Å². The van der Waals surface area contributed by atoms with E-state index in [0.717, 1.165) is 19.5 Å². The molecule has 86 valence electrons. The number of pyridine rings is 1. The van der Waals surface area contributed by atoms with Crippen molar-refractivity contribution in [2.24, 2.45) is 5.92 Å². The van der Waals surface area contributed by atoms with E-state index in [1.165, 1.54) is 6.42 Å². The standard InChI is InChI=1S/C12H17N3O/c16-12(8-10-4-3-6-13-9-10)15-11-5-1-2-7-14-11/h1-2,5,7,10,13H,3-4,6,8-9H2,(H,14,15,16). The van der Waals surface area contributed by atoms with E-state index in [2.05, 4.69) is 15.6 Å². The lowest BCUT2D eigenvalue weighted by molar-refractivity contribution is -0.117. The fraction of sp³-hybridized carbons (Fsp3) is 0.500. The van der Waals surface area contributed by atoms with Crippen LogP contribution in [0.2, 0.25) is 0 Å². The molecule has 4 nitrogen and oxygen atoms in total. The number of carbonyl (C=O) groups excluding carboxylic acids is 1. The summed E-state index contributed by atoms with van der Waals surface area (Å²) in [6.45, 7) is 2.04. The van der Waals surface area contributed by atoms with Gasteiger partial charge in [0.2, 0.25) is 5.91 Å². The highest BCUT2D eigenvalue weighted by Gasteiger charge is 2.16. The number of anilines is 1. The third-order valence-electron chi connectivity index (χ3n) is 2.81. The molecule has 16 heavy (non-hydrogen) atoms. The summed E-state index contributed by atoms with van der Waals surface area (Å²) in [7, 11) is 0. The Bertz CT molecular complexity index is 333. The first-order chi connectivity index (χ1) is 7.84. The fourth-order valence-corrected chi connectivity index (χ4v) is 1.99. The van der Waals surface area contributed by atoms with Crippen LogP contribution in [-0.4, -0.2) is 24.0 Å². The Labute approximate surface area is 95.5 Å².